The van der Waals surface area contributed by atoms with Crippen LogP contribution in [-0.2, 0) is 14.9 Å². The highest BCUT2D eigenvalue weighted by Crippen LogP contribution is 2.31. The summed E-state index contributed by atoms with van der Waals surface area (Å²) in [5, 5.41) is 9.79. The molecule has 122 valence electrons. The van der Waals surface area contributed by atoms with Crippen LogP contribution in [0.2, 0.25) is 0 Å². The first kappa shape index (κ1) is 16.0. The van der Waals surface area contributed by atoms with Crippen LogP contribution < -0.4 is 0 Å². The molecule has 0 fully saturated rings. The van der Waals surface area contributed by atoms with Crippen LogP contribution in [0.15, 0.2) is 59.2 Å². The molecule has 1 aliphatic heterocycles. The Labute approximate surface area is 141 Å². The van der Waals surface area contributed by atoms with E-state index < -0.39 is 5.97 Å². The van der Waals surface area contributed by atoms with Crippen LogP contribution in [0, 0.1) is 0 Å². The second-order valence-corrected chi connectivity index (χ2v) is 6.72. The first-order chi connectivity index (χ1) is 11.3. The Balaban J connectivity index is 2.05. The molecule has 2 aromatic rings. The normalized spacial score (nSPS) is 16.2. The van der Waals surface area contributed by atoms with Crippen LogP contribution in [0.25, 0.3) is 6.08 Å². The van der Waals surface area contributed by atoms with E-state index >= 15 is 0 Å². The molecule has 0 saturated carbocycles. The van der Waals surface area contributed by atoms with E-state index in [4.69, 9.17) is 4.74 Å². The number of carbonyl (C=O) groups excluding carboxylic acids is 1. The van der Waals surface area contributed by atoms with Crippen molar-refractivity contribution in [1.82, 2.24) is 0 Å². The molecular formula is C20H19NO3. The number of carbonyl (C=O) groups is 1. The summed E-state index contributed by atoms with van der Waals surface area (Å²) in [5.41, 5.74) is 2.62. The largest absolute Gasteiger partial charge is 0.508 e. The highest BCUT2D eigenvalue weighted by Gasteiger charge is 2.25. The quantitative estimate of drug-likeness (QED) is 0.671. The van der Waals surface area contributed by atoms with E-state index in [1.165, 1.54) is 0 Å². The van der Waals surface area contributed by atoms with Crippen LogP contribution in [0.3, 0.4) is 0 Å². The van der Waals surface area contributed by atoms with Gasteiger partial charge in [-0.25, -0.2) is 9.79 Å². The van der Waals surface area contributed by atoms with Crippen molar-refractivity contribution in [3.63, 3.8) is 0 Å². The van der Waals surface area contributed by atoms with Crippen molar-refractivity contribution in [3.05, 3.63) is 70.9 Å². The van der Waals surface area contributed by atoms with E-state index in [9.17, 15) is 9.90 Å². The summed E-state index contributed by atoms with van der Waals surface area (Å²) in [6.45, 7) is 6.23. The Morgan fingerprint density at radius 1 is 1.08 bits per heavy atom. The number of hydrogen-bond acceptors (Lipinski definition) is 4. The Morgan fingerprint density at radius 3 is 2.46 bits per heavy atom. The van der Waals surface area contributed by atoms with E-state index in [0.717, 1.165) is 16.7 Å². The van der Waals surface area contributed by atoms with Gasteiger partial charge in [-0.1, -0.05) is 45.0 Å². The summed E-state index contributed by atoms with van der Waals surface area (Å²) in [6.07, 6.45) is 1.67. The van der Waals surface area contributed by atoms with Gasteiger partial charge in [0.25, 0.3) is 0 Å². The van der Waals surface area contributed by atoms with Gasteiger partial charge in [0.2, 0.25) is 5.90 Å². The third-order valence-electron chi connectivity index (χ3n) is 3.78. The number of aromatic hydroxyl groups is 1. The minimum absolute atomic E-state index is 0.130. The number of cyclic esters (lactones) is 1. The maximum absolute atomic E-state index is 12.1. The zero-order chi connectivity index (χ0) is 17.3. The van der Waals surface area contributed by atoms with Gasteiger partial charge < -0.3 is 9.84 Å². The number of ether oxygens (including phenoxy) is 1. The lowest BCUT2D eigenvalue weighted by Gasteiger charge is -2.21. The zero-order valence-corrected chi connectivity index (χ0v) is 13.9. The number of phenolic OH excluding ortho intramolecular Hbond substituents is 1. The Bertz CT molecular complexity index is 843. The molecule has 1 aliphatic rings. The second kappa shape index (κ2) is 5.96. The van der Waals surface area contributed by atoms with Crippen LogP contribution >= 0.6 is 0 Å². The lowest BCUT2D eigenvalue weighted by atomic mass is 9.83. The SMILES string of the molecule is CC(C)(C)c1ccc(O)cc1/C=C1\N=C(c2ccccc2)OC1=O. The van der Waals surface area contributed by atoms with Crippen molar-refractivity contribution < 1.29 is 14.6 Å². The highest BCUT2D eigenvalue weighted by atomic mass is 16.6. The molecule has 4 nitrogen and oxygen atoms in total. The Morgan fingerprint density at radius 2 is 1.79 bits per heavy atom. The Hall–Kier alpha value is -2.88. The van der Waals surface area contributed by atoms with Gasteiger partial charge in [0.15, 0.2) is 5.70 Å². The molecule has 0 amide bonds. The molecule has 0 unspecified atom stereocenters. The number of esters is 1. The molecule has 0 saturated heterocycles. The number of benzene rings is 2. The van der Waals surface area contributed by atoms with Gasteiger partial charge in [-0.15, -0.1) is 0 Å². The average Bonchev–Trinajstić information content (AvgIpc) is 2.88. The third kappa shape index (κ3) is 3.23. The molecular weight excluding hydrogens is 302 g/mol. The molecule has 24 heavy (non-hydrogen) atoms. The van der Waals surface area contributed by atoms with Gasteiger partial charge in [0, 0.05) is 5.56 Å². The van der Waals surface area contributed by atoms with Gasteiger partial charge in [-0.05, 0) is 46.9 Å². The lowest BCUT2D eigenvalue weighted by molar-refractivity contribution is -0.129. The van der Waals surface area contributed by atoms with Gasteiger partial charge in [-0.2, -0.15) is 0 Å². The van der Waals surface area contributed by atoms with Crippen molar-refractivity contribution in [2.24, 2.45) is 4.99 Å². The summed E-state index contributed by atoms with van der Waals surface area (Å²) in [7, 11) is 0. The summed E-state index contributed by atoms with van der Waals surface area (Å²) in [4.78, 5) is 16.5. The molecule has 1 N–H and O–H groups in total. The predicted octanol–water partition coefficient (Wildman–Crippen LogP) is 4.03. The van der Waals surface area contributed by atoms with Gasteiger partial charge in [0.1, 0.15) is 5.75 Å². The third-order valence-corrected chi connectivity index (χ3v) is 3.78. The average molecular weight is 321 g/mol. The lowest BCUT2D eigenvalue weighted by Crippen LogP contribution is -2.13. The number of phenols is 1. The number of hydrogen-bond donors (Lipinski definition) is 1. The van der Waals surface area contributed by atoms with Crippen molar-refractivity contribution in [3.8, 4) is 5.75 Å². The maximum Gasteiger partial charge on any atom is 0.363 e. The summed E-state index contributed by atoms with van der Waals surface area (Å²) < 4.78 is 5.27. The molecule has 0 bridgehead atoms. The molecule has 1 heterocycles. The van der Waals surface area contributed by atoms with Crippen LogP contribution in [0.1, 0.15) is 37.5 Å². The molecule has 0 aliphatic carbocycles. The summed E-state index contributed by atoms with van der Waals surface area (Å²) >= 11 is 0. The fraction of sp³-hybridized carbons (Fsp3) is 0.200. The Kier molecular flexibility index (Phi) is 3.97. The molecule has 2 aromatic carbocycles. The summed E-state index contributed by atoms with van der Waals surface area (Å²) in [6, 6.07) is 14.4. The molecule has 3 rings (SSSR count). The second-order valence-electron chi connectivity index (χ2n) is 6.72. The fourth-order valence-electron chi connectivity index (χ4n) is 2.61. The highest BCUT2D eigenvalue weighted by molar-refractivity contribution is 6.12. The van der Waals surface area contributed by atoms with Crippen LogP contribution in [0.5, 0.6) is 5.75 Å². The minimum Gasteiger partial charge on any atom is -0.508 e. The van der Waals surface area contributed by atoms with Crippen molar-refractivity contribution >= 4 is 17.9 Å². The smallest absolute Gasteiger partial charge is 0.363 e. The maximum atomic E-state index is 12.1. The first-order valence-corrected chi connectivity index (χ1v) is 7.76. The van der Waals surface area contributed by atoms with Crippen molar-refractivity contribution in [1.29, 1.82) is 0 Å². The van der Waals surface area contributed by atoms with Gasteiger partial charge in [0.05, 0.1) is 0 Å². The zero-order valence-electron chi connectivity index (χ0n) is 13.9. The molecule has 0 atom stereocenters. The molecule has 0 aromatic heterocycles. The van der Waals surface area contributed by atoms with Crippen molar-refractivity contribution in [2.75, 3.05) is 0 Å². The van der Waals surface area contributed by atoms with E-state index in [-0.39, 0.29) is 16.9 Å². The monoisotopic (exact) mass is 321 g/mol. The van der Waals surface area contributed by atoms with E-state index in [2.05, 4.69) is 25.8 Å². The fourth-order valence-corrected chi connectivity index (χ4v) is 2.61. The number of nitrogens with zero attached hydrogens (tertiary/aromatic N) is 1. The van der Waals surface area contributed by atoms with E-state index in [0.29, 0.717) is 5.90 Å². The molecule has 0 spiro atoms. The predicted molar refractivity (Wildman–Crippen MR) is 93.9 cm³/mol. The minimum atomic E-state index is -0.489. The molecule has 4 heteroatoms. The van der Waals surface area contributed by atoms with E-state index in [1.54, 1.807) is 18.2 Å². The summed E-state index contributed by atoms with van der Waals surface area (Å²) in [5.74, 6) is -0.0464. The topological polar surface area (TPSA) is 58.9 Å². The standard InChI is InChI=1S/C20H19NO3/c1-20(2,3)16-10-9-15(22)11-14(16)12-17-19(23)24-18(21-17)13-7-5-4-6-8-13/h4-12,22H,1-3H3/b17-12-. The van der Waals surface area contributed by atoms with Gasteiger partial charge in [-0.3, -0.25) is 0 Å². The van der Waals surface area contributed by atoms with E-state index in [1.807, 2.05) is 36.4 Å². The number of rotatable bonds is 2. The van der Waals surface area contributed by atoms with Crippen molar-refractivity contribution in [2.45, 2.75) is 26.2 Å². The molecule has 0 radical (unpaired) electrons. The van der Waals surface area contributed by atoms with Crippen LogP contribution in [-0.4, -0.2) is 17.0 Å². The van der Waals surface area contributed by atoms with Gasteiger partial charge >= 0.3 is 5.97 Å². The first-order valence-electron chi connectivity index (χ1n) is 7.76. The van der Waals surface area contributed by atoms with Crippen LogP contribution in [0.4, 0.5) is 0 Å². The number of aliphatic imine (C=N–C) groups is 1.